The number of amides is 1. The molecule has 0 saturated carbocycles. The van der Waals surface area contributed by atoms with Crippen LogP contribution in [0.2, 0.25) is 0 Å². The van der Waals surface area contributed by atoms with E-state index in [9.17, 15) is 9.59 Å². The molecule has 4 aromatic rings. The highest BCUT2D eigenvalue weighted by atomic mass is 16.1. The first kappa shape index (κ1) is 26.4. The Morgan fingerprint density at radius 1 is 0.949 bits per heavy atom. The van der Waals surface area contributed by atoms with Gasteiger partial charge in [0.2, 0.25) is 0 Å². The number of H-pyrrole nitrogens is 1. The van der Waals surface area contributed by atoms with Gasteiger partial charge < -0.3 is 20.1 Å². The maximum absolute atomic E-state index is 13.5. The highest BCUT2D eigenvalue weighted by Gasteiger charge is 2.19. The monoisotopic (exact) mass is 524 g/mol. The second-order valence-electron chi connectivity index (χ2n) is 10.5. The van der Waals surface area contributed by atoms with E-state index in [2.05, 4.69) is 62.6 Å². The molecule has 1 aliphatic heterocycles. The number of piperazine rings is 1. The number of rotatable bonds is 6. The van der Waals surface area contributed by atoms with Crippen molar-refractivity contribution in [2.45, 2.75) is 27.3 Å². The van der Waals surface area contributed by atoms with Gasteiger partial charge in [-0.1, -0.05) is 12.1 Å². The average molecular weight is 525 g/mol. The van der Waals surface area contributed by atoms with Gasteiger partial charge in [0, 0.05) is 74.0 Å². The van der Waals surface area contributed by atoms with E-state index in [1.165, 1.54) is 5.69 Å². The predicted molar refractivity (Wildman–Crippen MR) is 156 cm³/mol. The topological polar surface area (TPSA) is 86.3 Å². The van der Waals surface area contributed by atoms with Crippen molar-refractivity contribution < 1.29 is 4.79 Å². The minimum absolute atomic E-state index is 0.157. The molecule has 1 amide bonds. The molecule has 0 atom stereocenters. The van der Waals surface area contributed by atoms with E-state index in [0.29, 0.717) is 11.1 Å². The summed E-state index contributed by atoms with van der Waals surface area (Å²) in [6, 6.07) is 16.5. The predicted octanol–water partition coefficient (Wildman–Crippen LogP) is 4.05. The lowest BCUT2D eigenvalue weighted by molar-refractivity contribution is 0.0950. The number of nitrogens with zero attached hydrogens (tertiary/aromatic N) is 4. The van der Waals surface area contributed by atoms with E-state index in [1.54, 1.807) is 6.20 Å². The molecule has 3 heterocycles. The zero-order valence-electron chi connectivity index (χ0n) is 23.3. The van der Waals surface area contributed by atoms with Crippen molar-refractivity contribution in [1.82, 2.24) is 25.0 Å². The van der Waals surface area contributed by atoms with Gasteiger partial charge >= 0.3 is 0 Å². The maximum Gasteiger partial charge on any atom is 0.253 e. The molecule has 202 valence electrons. The molecule has 1 fully saturated rings. The molecule has 2 aromatic heterocycles. The number of anilines is 1. The standard InChI is InChI=1S/C31H36N6O2/c1-20-16-21(2)34-31(39)28(20)19-32-30(38)27-18-24(17-26(22(27)3)29-10-11-33-36(29)5)23-6-8-25(9-7-23)37-14-12-35(4)13-15-37/h6-11,16-18H,12-15,19H2,1-5H3,(H,32,38)(H,34,39). The first-order valence-electron chi connectivity index (χ1n) is 13.4. The molecular weight excluding hydrogens is 488 g/mol. The molecule has 0 unspecified atom stereocenters. The van der Waals surface area contributed by atoms with Gasteiger partial charge in [-0.2, -0.15) is 5.10 Å². The number of nitrogens with one attached hydrogen (secondary N) is 2. The van der Waals surface area contributed by atoms with Crippen LogP contribution in [0.15, 0.2) is 59.5 Å². The normalized spacial score (nSPS) is 14.0. The first-order chi connectivity index (χ1) is 18.7. The highest BCUT2D eigenvalue weighted by molar-refractivity contribution is 5.99. The SMILES string of the molecule is Cc1cc(C)c(CNC(=O)c2cc(-c3ccc(N4CCN(C)CC4)cc3)cc(-c3ccnn3C)c2C)c(=O)[nH]1. The van der Waals surface area contributed by atoms with Crippen molar-refractivity contribution in [1.29, 1.82) is 0 Å². The molecule has 0 bridgehead atoms. The number of likely N-dealkylation sites (N-methyl/N-ethyl adjacent to an activating group) is 1. The van der Waals surface area contributed by atoms with Crippen molar-refractivity contribution in [2.24, 2.45) is 7.05 Å². The zero-order valence-corrected chi connectivity index (χ0v) is 23.3. The molecule has 0 aliphatic carbocycles. The number of aromatic nitrogens is 3. The number of aromatic amines is 1. The molecule has 1 aliphatic rings. The van der Waals surface area contributed by atoms with Crippen molar-refractivity contribution >= 4 is 11.6 Å². The number of hydrogen-bond donors (Lipinski definition) is 2. The number of carbonyl (C=O) groups is 1. The number of pyridine rings is 1. The van der Waals surface area contributed by atoms with Crippen LogP contribution in [-0.2, 0) is 13.6 Å². The van der Waals surface area contributed by atoms with E-state index in [-0.39, 0.29) is 18.0 Å². The van der Waals surface area contributed by atoms with Crippen molar-refractivity contribution in [3.63, 3.8) is 0 Å². The van der Waals surface area contributed by atoms with Crippen molar-refractivity contribution in [3.8, 4) is 22.4 Å². The fourth-order valence-corrected chi connectivity index (χ4v) is 5.32. The van der Waals surface area contributed by atoms with Crippen LogP contribution >= 0.6 is 0 Å². The third-order valence-electron chi connectivity index (χ3n) is 7.74. The number of aryl methyl sites for hydroxylation is 3. The van der Waals surface area contributed by atoms with Crippen molar-refractivity contribution in [2.75, 3.05) is 38.1 Å². The van der Waals surface area contributed by atoms with E-state index in [1.807, 2.05) is 50.7 Å². The zero-order chi connectivity index (χ0) is 27.7. The molecule has 5 rings (SSSR count). The fraction of sp³-hybridized carbons (Fsp3) is 0.323. The molecule has 0 radical (unpaired) electrons. The largest absolute Gasteiger partial charge is 0.369 e. The minimum atomic E-state index is -0.216. The Balaban J connectivity index is 1.48. The molecule has 2 aromatic carbocycles. The fourth-order valence-electron chi connectivity index (χ4n) is 5.32. The summed E-state index contributed by atoms with van der Waals surface area (Å²) in [5.74, 6) is -0.216. The summed E-state index contributed by atoms with van der Waals surface area (Å²) < 4.78 is 1.82. The average Bonchev–Trinajstić information content (AvgIpc) is 3.34. The molecule has 0 spiro atoms. The molecule has 2 N–H and O–H groups in total. The van der Waals surface area contributed by atoms with Crippen LogP contribution in [0, 0.1) is 20.8 Å². The summed E-state index contributed by atoms with van der Waals surface area (Å²) >= 11 is 0. The third kappa shape index (κ3) is 5.52. The second-order valence-corrected chi connectivity index (χ2v) is 10.5. The van der Waals surface area contributed by atoms with Crippen LogP contribution < -0.4 is 15.8 Å². The lowest BCUT2D eigenvalue weighted by Gasteiger charge is -2.34. The number of carbonyl (C=O) groups excluding carboxylic acids is 1. The highest BCUT2D eigenvalue weighted by Crippen LogP contribution is 2.33. The summed E-state index contributed by atoms with van der Waals surface area (Å²) in [4.78, 5) is 33.6. The van der Waals surface area contributed by atoms with Gasteiger partial charge in [0.1, 0.15) is 0 Å². The Morgan fingerprint density at radius 3 is 2.31 bits per heavy atom. The van der Waals surface area contributed by atoms with Gasteiger partial charge in [0.05, 0.1) is 5.69 Å². The van der Waals surface area contributed by atoms with E-state index >= 15 is 0 Å². The summed E-state index contributed by atoms with van der Waals surface area (Å²) in [6.45, 7) is 10.00. The lowest BCUT2D eigenvalue weighted by Crippen LogP contribution is -2.44. The Hall–Kier alpha value is -4.17. The maximum atomic E-state index is 13.5. The molecule has 39 heavy (non-hydrogen) atoms. The summed E-state index contributed by atoms with van der Waals surface area (Å²) in [5.41, 5.74) is 8.58. The van der Waals surface area contributed by atoms with Crippen molar-refractivity contribution in [3.05, 3.63) is 93.0 Å². The summed E-state index contributed by atoms with van der Waals surface area (Å²) in [6.07, 6.45) is 1.76. The van der Waals surface area contributed by atoms with Gasteiger partial charge in [-0.15, -0.1) is 0 Å². The van der Waals surface area contributed by atoms with E-state index < -0.39 is 0 Å². The van der Waals surface area contributed by atoms with Gasteiger partial charge in [-0.25, -0.2) is 0 Å². The van der Waals surface area contributed by atoms with Crippen LogP contribution in [0.4, 0.5) is 5.69 Å². The van der Waals surface area contributed by atoms with E-state index in [4.69, 9.17) is 0 Å². The second kappa shape index (κ2) is 10.9. The molecular formula is C31H36N6O2. The number of benzene rings is 2. The smallest absolute Gasteiger partial charge is 0.253 e. The van der Waals surface area contributed by atoms with E-state index in [0.717, 1.165) is 65.4 Å². The minimum Gasteiger partial charge on any atom is -0.369 e. The molecule has 8 nitrogen and oxygen atoms in total. The Labute approximate surface area is 229 Å². The van der Waals surface area contributed by atoms with Crippen LogP contribution in [0.25, 0.3) is 22.4 Å². The van der Waals surface area contributed by atoms with Gasteiger partial charge in [0.25, 0.3) is 11.5 Å². The Morgan fingerprint density at radius 2 is 1.67 bits per heavy atom. The van der Waals surface area contributed by atoms with Gasteiger partial charge in [-0.05, 0) is 86.5 Å². The van der Waals surface area contributed by atoms with Gasteiger partial charge in [0.15, 0.2) is 0 Å². The number of hydrogen-bond acceptors (Lipinski definition) is 5. The molecule has 1 saturated heterocycles. The van der Waals surface area contributed by atoms with Crippen LogP contribution in [0.3, 0.4) is 0 Å². The Kier molecular flexibility index (Phi) is 7.39. The Bertz CT molecular complexity index is 1560. The summed E-state index contributed by atoms with van der Waals surface area (Å²) in [7, 11) is 4.06. The van der Waals surface area contributed by atoms with Gasteiger partial charge in [-0.3, -0.25) is 14.3 Å². The first-order valence-corrected chi connectivity index (χ1v) is 13.4. The quantitative estimate of drug-likeness (QED) is 0.398. The molecule has 8 heteroatoms. The summed E-state index contributed by atoms with van der Waals surface area (Å²) in [5, 5.41) is 7.34. The van der Waals surface area contributed by atoms with Crippen LogP contribution in [-0.4, -0.2) is 58.8 Å². The lowest BCUT2D eigenvalue weighted by atomic mass is 9.92. The third-order valence-corrected chi connectivity index (χ3v) is 7.74. The van der Waals surface area contributed by atoms with Crippen LogP contribution in [0.5, 0.6) is 0 Å². The van der Waals surface area contributed by atoms with Crippen LogP contribution in [0.1, 0.15) is 32.7 Å².